The second-order valence-electron chi connectivity index (χ2n) is 5.73. The molecule has 128 valence electrons. The van der Waals surface area contributed by atoms with Gasteiger partial charge < -0.3 is 10.0 Å². The number of aromatic nitrogens is 2. The third-order valence-corrected chi connectivity index (χ3v) is 4.15. The van der Waals surface area contributed by atoms with Crippen LogP contribution in [-0.4, -0.2) is 33.2 Å². The van der Waals surface area contributed by atoms with Gasteiger partial charge in [-0.05, 0) is 35.4 Å². The third-order valence-electron chi connectivity index (χ3n) is 3.90. The maximum Gasteiger partial charge on any atom is 0.278 e. The Labute approximate surface area is 148 Å². The van der Waals surface area contributed by atoms with Crippen molar-refractivity contribution in [3.05, 3.63) is 74.5 Å². The van der Waals surface area contributed by atoms with E-state index in [1.54, 1.807) is 37.4 Å². The first-order chi connectivity index (χ1) is 12.0. The van der Waals surface area contributed by atoms with Gasteiger partial charge in [-0.25, -0.2) is 0 Å². The van der Waals surface area contributed by atoms with E-state index in [2.05, 4.69) is 10.2 Å². The normalized spacial score (nSPS) is 10.8. The summed E-state index contributed by atoms with van der Waals surface area (Å²) in [6.07, 6.45) is 0. The molecule has 0 radical (unpaired) electrons. The van der Waals surface area contributed by atoms with Crippen LogP contribution in [0.3, 0.4) is 0 Å². The molecular weight excluding hydrogens is 342 g/mol. The van der Waals surface area contributed by atoms with Gasteiger partial charge in [0.15, 0.2) is 5.69 Å². The summed E-state index contributed by atoms with van der Waals surface area (Å²) in [5.74, 6) is -0.479. The zero-order chi connectivity index (χ0) is 18.0. The lowest BCUT2D eigenvalue weighted by Crippen LogP contribution is -2.32. The zero-order valence-electron chi connectivity index (χ0n) is 13.5. The number of hydrogen-bond acceptors (Lipinski definition) is 4. The maximum absolute atomic E-state index is 12.6. The van der Waals surface area contributed by atoms with Crippen LogP contribution in [0.4, 0.5) is 0 Å². The molecule has 0 unspecified atom stereocenters. The molecule has 3 aromatic rings. The molecule has 3 rings (SSSR count). The van der Waals surface area contributed by atoms with Gasteiger partial charge in [-0.3, -0.25) is 14.7 Å². The summed E-state index contributed by atoms with van der Waals surface area (Å²) in [7, 11) is 1.60. The molecular formula is C18H16ClN3O3. The van der Waals surface area contributed by atoms with E-state index in [4.69, 9.17) is 11.6 Å². The number of nitrogens with zero attached hydrogens (tertiary/aromatic N) is 2. The molecule has 1 aromatic heterocycles. The number of H-pyrrole nitrogens is 1. The minimum absolute atomic E-state index is 0.181. The van der Waals surface area contributed by atoms with Crippen LogP contribution in [0, 0.1) is 0 Å². The molecule has 0 spiro atoms. The van der Waals surface area contributed by atoms with Gasteiger partial charge in [0.2, 0.25) is 5.43 Å². The number of rotatable bonds is 4. The number of fused-ring (bicyclic) bond motifs is 1. The van der Waals surface area contributed by atoms with Crippen molar-refractivity contribution in [2.24, 2.45) is 0 Å². The maximum atomic E-state index is 12.6. The van der Waals surface area contributed by atoms with Crippen LogP contribution in [0.25, 0.3) is 10.9 Å². The van der Waals surface area contributed by atoms with Crippen LogP contribution >= 0.6 is 11.6 Å². The lowest BCUT2D eigenvalue weighted by molar-refractivity contribution is 0.0777. The second-order valence-corrected chi connectivity index (χ2v) is 6.16. The molecule has 0 aliphatic heterocycles. The fraction of sp³-hybridized carbons (Fsp3) is 0.167. The fourth-order valence-corrected chi connectivity index (χ4v) is 2.66. The molecule has 0 aliphatic carbocycles. The standard InChI is InChI=1S/C18H16ClN3O3/c1-22(9-11-2-5-13(19)6-3-11)18(25)16-17(24)14-8-12(10-23)4-7-15(14)20-21-16/h2-8,23H,9-10H2,1H3,(H,20,24). The number of aliphatic hydroxyl groups is 1. The minimum Gasteiger partial charge on any atom is -0.392 e. The number of nitrogens with one attached hydrogen (secondary N) is 1. The van der Waals surface area contributed by atoms with Crippen molar-refractivity contribution < 1.29 is 9.90 Å². The first kappa shape index (κ1) is 17.1. The SMILES string of the molecule is CN(Cc1ccc(Cl)cc1)C(=O)c1n[nH]c2ccc(CO)cc2c1=O. The quantitative estimate of drug-likeness (QED) is 0.750. The molecule has 0 bridgehead atoms. The Morgan fingerprint density at radius 2 is 1.88 bits per heavy atom. The number of aromatic amines is 1. The predicted octanol–water partition coefficient (Wildman–Crippen LogP) is 2.34. The highest BCUT2D eigenvalue weighted by molar-refractivity contribution is 6.30. The second kappa shape index (κ2) is 7.04. The van der Waals surface area contributed by atoms with Crippen molar-refractivity contribution >= 4 is 28.4 Å². The molecule has 1 amide bonds. The Morgan fingerprint density at radius 3 is 2.56 bits per heavy atom. The van der Waals surface area contributed by atoms with Gasteiger partial charge in [0.05, 0.1) is 12.1 Å². The molecule has 25 heavy (non-hydrogen) atoms. The lowest BCUT2D eigenvalue weighted by atomic mass is 10.1. The van der Waals surface area contributed by atoms with Gasteiger partial charge in [-0.15, -0.1) is 0 Å². The first-order valence-corrected chi connectivity index (χ1v) is 7.99. The highest BCUT2D eigenvalue weighted by Crippen LogP contribution is 2.13. The highest BCUT2D eigenvalue weighted by atomic mass is 35.5. The summed E-state index contributed by atoms with van der Waals surface area (Å²) < 4.78 is 0. The van der Waals surface area contributed by atoms with E-state index in [0.29, 0.717) is 28.0 Å². The van der Waals surface area contributed by atoms with Crippen molar-refractivity contribution in [2.75, 3.05) is 7.05 Å². The summed E-state index contributed by atoms with van der Waals surface area (Å²) in [6, 6.07) is 12.0. The molecule has 0 saturated carbocycles. The van der Waals surface area contributed by atoms with Crippen molar-refractivity contribution in [3.63, 3.8) is 0 Å². The summed E-state index contributed by atoms with van der Waals surface area (Å²) in [5.41, 5.74) is 1.35. The number of hydrogen-bond donors (Lipinski definition) is 2. The van der Waals surface area contributed by atoms with E-state index >= 15 is 0 Å². The highest BCUT2D eigenvalue weighted by Gasteiger charge is 2.19. The van der Waals surface area contributed by atoms with E-state index in [1.807, 2.05) is 12.1 Å². The number of amides is 1. The molecule has 6 nitrogen and oxygen atoms in total. The van der Waals surface area contributed by atoms with E-state index in [-0.39, 0.29) is 12.3 Å². The lowest BCUT2D eigenvalue weighted by Gasteiger charge is -2.16. The number of benzene rings is 2. The fourth-order valence-electron chi connectivity index (χ4n) is 2.53. The Bertz CT molecular complexity index is 983. The van der Waals surface area contributed by atoms with Crippen molar-refractivity contribution in [3.8, 4) is 0 Å². The van der Waals surface area contributed by atoms with Crippen LogP contribution in [0.15, 0.2) is 47.3 Å². The van der Waals surface area contributed by atoms with E-state index in [1.165, 1.54) is 4.90 Å². The van der Waals surface area contributed by atoms with Gasteiger partial charge >= 0.3 is 0 Å². The number of halogens is 1. The van der Waals surface area contributed by atoms with Crippen LogP contribution in [0.2, 0.25) is 5.02 Å². The van der Waals surface area contributed by atoms with Gasteiger partial charge in [-0.2, -0.15) is 5.10 Å². The van der Waals surface area contributed by atoms with E-state index in [9.17, 15) is 14.7 Å². The molecule has 7 heteroatoms. The van der Waals surface area contributed by atoms with Gasteiger partial charge in [0.25, 0.3) is 5.91 Å². The minimum atomic E-state index is -0.479. The van der Waals surface area contributed by atoms with E-state index < -0.39 is 11.3 Å². The molecule has 2 aromatic carbocycles. The largest absolute Gasteiger partial charge is 0.392 e. The average molecular weight is 358 g/mol. The van der Waals surface area contributed by atoms with E-state index in [0.717, 1.165) is 5.56 Å². The Kier molecular flexibility index (Phi) is 4.83. The molecule has 0 fully saturated rings. The van der Waals surface area contributed by atoms with Crippen LogP contribution in [0.5, 0.6) is 0 Å². The molecule has 0 aliphatic rings. The van der Waals surface area contributed by atoms with Gasteiger partial charge in [-0.1, -0.05) is 29.8 Å². The van der Waals surface area contributed by atoms with Crippen molar-refractivity contribution in [1.82, 2.24) is 15.1 Å². The van der Waals surface area contributed by atoms with Crippen LogP contribution < -0.4 is 5.43 Å². The monoisotopic (exact) mass is 357 g/mol. The molecule has 2 N–H and O–H groups in total. The Balaban J connectivity index is 1.92. The summed E-state index contributed by atoms with van der Waals surface area (Å²) in [5, 5.41) is 16.8. The number of aliphatic hydroxyl groups excluding tert-OH is 1. The number of carbonyl (C=O) groups excluding carboxylic acids is 1. The summed E-state index contributed by atoms with van der Waals surface area (Å²) in [4.78, 5) is 26.6. The average Bonchev–Trinajstić information content (AvgIpc) is 2.63. The van der Waals surface area contributed by atoms with Crippen molar-refractivity contribution in [2.45, 2.75) is 13.2 Å². The molecule has 1 heterocycles. The van der Waals surface area contributed by atoms with Crippen LogP contribution in [-0.2, 0) is 13.2 Å². The predicted molar refractivity (Wildman–Crippen MR) is 95.5 cm³/mol. The summed E-state index contributed by atoms with van der Waals surface area (Å²) in [6.45, 7) is 0.142. The molecule has 0 atom stereocenters. The smallest absolute Gasteiger partial charge is 0.278 e. The Hall–Kier alpha value is -2.70. The van der Waals surface area contributed by atoms with Gasteiger partial charge in [0, 0.05) is 24.0 Å². The first-order valence-electron chi connectivity index (χ1n) is 7.61. The van der Waals surface area contributed by atoms with Gasteiger partial charge in [0.1, 0.15) is 0 Å². The Morgan fingerprint density at radius 1 is 1.20 bits per heavy atom. The topological polar surface area (TPSA) is 86.3 Å². The number of carbonyl (C=O) groups is 1. The summed E-state index contributed by atoms with van der Waals surface area (Å²) >= 11 is 5.85. The van der Waals surface area contributed by atoms with Crippen molar-refractivity contribution in [1.29, 1.82) is 0 Å². The van der Waals surface area contributed by atoms with Crippen LogP contribution in [0.1, 0.15) is 21.6 Å². The zero-order valence-corrected chi connectivity index (χ0v) is 14.2. The third kappa shape index (κ3) is 3.55. The molecule has 0 saturated heterocycles.